The maximum atomic E-state index is 13.4. The summed E-state index contributed by atoms with van der Waals surface area (Å²) in [5, 5.41) is 3.69. The van der Waals surface area contributed by atoms with Crippen LogP contribution < -0.4 is 5.32 Å². The number of hydrogen-bond acceptors (Lipinski definition) is 3. The van der Waals surface area contributed by atoms with E-state index in [-0.39, 0.29) is 11.9 Å². The van der Waals surface area contributed by atoms with Crippen molar-refractivity contribution in [2.75, 3.05) is 12.8 Å². The summed E-state index contributed by atoms with van der Waals surface area (Å²) in [6, 6.07) is 1.79. The Kier molecular flexibility index (Phi) is 5.05. The molecule has 84 valence electrons. The predicted molar refractivity (Wildman–Crippen MR) is 63.6 cm³/mol. The Labute approximate surface area is 94.7 Å². The Balaban J connectivity index is 2.70. The van der Waals surface area contributed by atoms with Crippen molar-refractivity contribution in [3.63, 3.8) is 0 Å². The molecule has 0 saturated heterocycles. The van der Waals surface area contributed by atoms with E-state index in [1.807, 2.05) is 18.8 Å². The highest BCUT2D eigenvalue weighted by atomic mass is 32.2. The Morgan fingerprint density at radius 1 is 1.53 bits per heavy atom. The van der Waals surface area contributed by atoms with E-state index in [0.717, 1.165) is 5.75 Å². The molecule has 1 unspecified atom stereocenters. The van der Waals surface area contributed by atoms with Crippen LogP contribution >= 0.6 is 11.8 Å². The van der Waals surface area contributed by atoms with Gasteiger partial charge in [-0.3, -0.25) is 4.98 Å². The highest BCUT2D eigenvalue weighted by Crippen LogP contribution is 2.22. The molecule has 0 fully saturated rings. The molecule has 2 nitrogen and oxygen atoms in total. The Morgan fingerprint density at radius 2 is 2.27 bits per heavy atom. The number of rotatable bonds is 5. The Morgan fingerprint density at radius 3 is 2.80 bits per heavy atom. The lowest BCUT2D eigenvalue weighted by molar-refractivity contribution is 0.560. The van der Waals surface area contributed by atoms with Crippen molar-refractivity contribution < 1.29 is 4.39 Å². The van der Waals surface area contributed by atoms with Crippen LogP contribution in [0.2, 0.25) is 0 Å². The summed E-state index contributed by atoms with van der Waals surface area (Å²) < 4.78 is 13.4. The van der Waals surface area contributed by atoms with Gasteiger partial charge in [0.1, 0.15) is 5.82 Å². The fourth-order valence-electron chi connectivity index (χ4n) is 1.29. The average Bonchev–Trinajstić information content (AvgIpc) is 2.21. The van der Waals surface area contributed by atoms with Gasteiger partial charge in [0.25, 0.3) is 0 Å². The first-order valence-corrected chi connectivity index (χ1v) is 6.08. The molecule has 0 aliphatic rings. The van der Waals surface area contributed by atoms with E-state index in [0.29, 0.717) is 10.8 Å². The van der Waals surface area contributed by atoms with Crippen molar-refractivity contribution in [2.24, 2.45) is 0 Å². The molecule has 1 N–H and O–H groups in total. The first-order chi connectivity index (χ1) is 7.15. The van der Waals surface area contributed by atoms with E-state index in [1.54, 1.807) is 12.3 Å². The minimum Gasteiger partial charge on any atom is -0.312 e. The highest BCUT2D eigenvalue weighted by molar-refractivity contribution is 7.99. The molecule has 1 heterocycles. The van der Waals surface area contributed by atoms with Crippen molar-refractivity contribution in [3.05, 3.63) is 29.8 Å². The van der Waals surface area contributed by atoms with Gasteiger partial charge >= 0.3 is 0 Å². The van der Waals surface area contributed by atoms with Crippen molar-refractivity contribution >= 4 is 11.8 Å². The topological polar surface area (TPSA) is 24.9 Å². The maximum absolute atomic E-state index is 13.4. The summed E-state index contributed by atoms with van der Waals surface area (Å²) in [6.45, 7) is 4.28. The van der Waals surface area contributed by atoms with E-state index in [4.69, 9.17) is 0 Å². The number of nitrogens with one attached hydrogen (secondary N) is 1. The summed E-state index contributed by atoms with van der Waals surface area (Å²) >= 11 is 1.82. The smallest absolute Gasteiger partial charge is 0.146 e. The van der Waals surface area contributed by atoms with Crippen LogP contribution in [0.5, 0.6) is 0 Å². The van der Waals surface area contributed by atoms with Gasteiger partial charge in [-0.25, -0.2) is 4.39 Å². The molecule has 1 aromatic heterocycles. The molecule has 0 aromatic carbocycles. The standard InChI is InChI=1S/C11H17FN2S/c1-8(2)15-7-11(13-3)9-4-5-14-6-10(9)12/h4-6,8,11,13H,7H2,1-3H3. The fourth-order valence-corrected chi connectivity index (χ4v) is 2.21. The fraction of sp³-hybridized carbons (Fsp3) is 0.545. The van der Waals surface area contributed by atoms with Crippen molar-refractivity contribution in [1.29, 1.82) is 0 Å². The van der Waals surface area contributed by atoms with Crippen LogP contribution in [0.1, 0.15) is 25.5 Å². The van der Waals surface area contributed by atoms with E-state index in [1.165, 1.54) is 6.20 Å². The summed E-state index contributed by atoms with van der Waals surface area (Å²) in [6.07, 6.45) is 2.89. The SMILES string of the molecule is CNC(CSC(C)C)c1ccncc1F. The lowest BCUT2D eigenvalue weighted by atomic mass is 10.1. The molecule has 0 aliphatic carbocycles. The molecule has 0 amide bonds. The molecular formula is C11H17FN2S. The van der Waals surface area contributed by atoms with E-state index in [2.05, 4.69) is 24.1 Å². The monoisotopic (exact) mass is 228 g/mol. The number of nitrogens with zero attached hydrogens (tertiary/aromatic N) is 1. The lowest BCUT2D eigenvalue weighted by Crippen LogP contribution is -2.20. The van der Waals surface area contributed by atoms with Gasteiger partial charge in [-0.05, 0) is 18.4 Å². The third-order valence-electron chi connectivity index (χ3n) is 2.12. The third-order valence-corrected chi connectivity index (χ3v) is 3.32. The Hall–Kier alpha value is -0.610. The number of thioether (sulfide) groups is 1. The molecule has 4 heteroatoms. The molecule has 0 bridgehead atoms. The number of aromatic nitrogens is 1. The van der Waals surface area contributed by atoms with Crippen LogP contribution in [0.25, 0.3) is 0 Å². The van der Waals surface area contributed by atoms with Gasteiger partial charge < -0.3 is 5.32 Å². The van der Waals surface area contributed by atoms with Crippen LogP contribution in [0, 0.1) is 5.82 Å². The van der Waals surface area contributed by atoms with Gasteiger partial charge in [-0.15, -0.1) is 0 Å². The molecule has 0 spiro atoms. The Bertz CT molecular complexity index is 304. The molecule has 15 heavy (non-hydrogen) atoms. The number of halogens is 1. The minimum atomic E-state index is -0.235. The minimum absolute atomic E-state index is 0.0559. The van der Waals surface area contributed by atoms with Gasteiger partial charge in [0.05, 0.1) is 6.20 Å². The summed E-state index contributed by atoms with van der Waals surface area (Å²) in [4.78, 5) is 3.75. The first kappa shape index (κ1) is 12.5. The number of pyridine rings is 1. The zero-order valence-electron chi connectivity index (χ0n) is 9.33. The largest absolute Gasteiger partial charge is 0.312 e. The van der Waals surface area contributed by atoms with Gasteiger partial charge in [0.2, 0.25) is 0 Å². The molecule has 1 rings (SSSR count). The average molecular weight is 228 g/mol. The summed E-state index contributed by atoms with van der Waals surface area (Å²) in [5.74, 6) is 0.635. The first-order valence-electron chi connectivity index (χ1n) is 5.03. The molecule has 1 aromatic rings. The molecule has 0 aliphatic heterocycles. The van der Waals surface area contributed by atoms with E-state index in [9.17, 15) is 4.39 Å². The molecule has 1 atom stereocenters. The predicted octanol–water partition coefficient (Wildman–Crippen LogP) is 2.62. The quantitative estimate of drug-likeness (QED) is 0.838. The van der Waals surface area contributed by atoms with Crippen LogP contribution in [0.4, 0.5) is 4.39 Å². The van der Waals surface area contributed by atoms with E-state index < -0.39 is 0 Å². The molecule has 0 radical (unpaired) electrons. The highest BCUT2D eigenvalue weighted by Gasteiger charge is 2.14. The summed E-state index contributed by atoms with van der Waals surface area (Å²) in [5.41, 5.74) is 0.695. The summed E-state index contributed by atoms with van der Waals surface area (Å²) in [7, 11) is 1.85. The van der Waals surface area contributed by atoms with Crippen LogP contribution in [-0.2, 0) is 0 Å². The zero-order valence-corrected chi connectivity index (χ0v) is 10.1. The van der Waals surface area contributed by atoms with Crippen LogP contribution in [0.3, 0.4) is 0 Å². The maximum Gasteiger partial charge on any atom is 0.146 e. The van der Waals surface area contributed by atoms with Crippen molar-refractivity contribution in [3.8, 4) is 0 Å². The van der Waals surface area contributed by atoms with Gasteiger partial charge in [-0.2, -0.15) is 11.8 Å². The number of hydrogen-bond donors (Lipinski definition) is 1. The van der Waals surface area contributed by atoms with Crippen molar-refractivity contribution in [1.82, 2.24) is 10.3 Å². The second-order valence-electron chi connectivity index (χ2n) is 3.62. The van der Waals surface area contributed by atoms with Crippen molar-refractivity contribution in [2.45, 2.75) is 25.1 Å². The third kappa shape index (κ3) is 3.80. The second kappa shape index (κ2) is 6.08. The van der Waals surface area contributed by atoms with E-state index >= 15 is 0 Å². The second-order valence-corrected chi connectivity index (χ2v) is 5.23. The van der Waals surface area contributed by atoms with Gasteiger partial charge in [0.15, 0.2) is 0 Å². The van der Waals surface area contributed by atoms with Crippen LogP contribution in [0.15, 0.2) is 18.5 Å². The lowest BCUT2D eigenvalue weighted by Gasteiger charge is -2.17. The normalized spacial score (nSPS) is 13.1. The van der Waals surface area contributed by atoms with Crippen LogP contribution in [-0.4, -0.2) is 23.0 Å². The zero-order chi connectivity index (χ0) is 11.3. The molecule has 0 saturated carbocycles. The van der Waals surface area contributed by atoms with Gasteiger partial charge in [-0.1, -0.05) is 13.8 Å². The van der Waals surface area contributed by atoms with Gasteiger partial charge in [0, 0.05) is 23.6 Å². The molecular weight excluding hydrogens is 211 g/mol.